The molecule has 1 saturated heterocycles. The lowest BCUT2D eigenvalue weighted by molar-refractivity contribution is 0.0730. The van der Waals surface area contributed by atoms with Gasteiger partial charge in [0.25, 0.3) is 0 Å². The zero-order valence-electron chi connectivity index (χ0n) is 5.56. The second kappa shape index (κ2) is 3.54. The zero-order valence-corrected chi connectivity index (χ0v) is 7.15. The molecule has 3 heteroatoms. The third-order valence-electron chi connectivity index (χ3n) is 1.63. The van der Waals surface area contributed by atoms with Gasteiger partial charge in [0, 0.05) is 7.11 Å². The number of alkyl halides is 1. The maximum atomic E-state index is 5.19. The number of rotatable bonds is 1. The van der Waals surface area contributed by atoms with Gasteiger partial charge in [-0.1, -0.05) is 15.9 Å². The zero-order chi connectivity index (χ0) is 6.69. The van der Waals surface area contributed by atoms with Crippen LogP contribution in [0.3, 0.4) is 0 Å². The minimum atomic E-state index is 0.358. The summed E-state index contributed by atoms with van der Waals surface area (Å²) in [5.41, 5.74) is 0. The fourth-order valence-corrected chi connectivity index (χ4v) is 1.77. The second-order valence-corrected chi connectivity index (χ2v) is 3.26. The van der Waals surface area contributed by atoms with E-state index in [2.05, 4.69) is 21.2 Å². The summed E-state index contributed by atoms with van der Waals surface area (Å²) in [7, 11) is 1.76. The van der Waals surface area contributed by atoms with Gasteiger partial charge in [0.15, 0.2) is 0 Å². The summed E-state index contributed by atoms with van der Waals surface area (Å²) in [5.74, 6) is 0. The standard InChI is InChI=1S/C6H12BrNO/c1-9-5-3-2-4-8-6(5)7/h5-6,8H,2-4H2,1H3. The highest BCUT2D eigenvalue weighted by Gasteiger charge is 2.20. The monoisotopic (exact) mass is 193 g/mol. The number of piperidine rings is 1. The van der Waals surface area contributed by atoms with Gasteiger partial charge in [-0.05, 0) is 19.4 Å². The molecule has 0 amide bonds. The molecule has 1 fully saturated rings. The molecule has 0 spiro atoms. The lowest BCUT2D eigenvalue weighted by Gasteiger charge is -2.26. The predicted molar refractivity (Wildman–Crippen MR) is 40.7 cm³/mol. The lowest BCUT2D eigenvalue weighted by atomic mass is 10.1. The second-order valence-electron chi connectivity index (χ2n) is 2.27. The molecule has 0 aromatic rings. The van der Waals surface area contributed by atoms with E-state index in [0.717, 1.165) is 6.54 Å². The van der Waals surface area contributed by atoms with Gasteiger partial charge in [0.05, 0.1) is 11.1 Å². The van der Waals surface area contributed by atoms with Gasteiger partial charge >= 0.3 is 0 Å². The molecule has 0 bridgehead atoms. The van der Waals surface area contributed by atoms with Crippen LogP contribution < -0.4 is 5.32 Å². The van der Waals surface area contributed by atoms with Crippen molar-refractivity contribution < 1.29 is 4.74 Å². The van der Waals surface area contributed by atoms with Crippen LogP contribution in [0.25, 0.3) is 0 Å². The van der Waals surface area contributed by atoms with E-state index < -0.39 is 0 Å². The van der Waals surface area contributed by atoms with Crippen LogP contribution in [0, 0.1) is 0 Å². The van der Waals surface area contributed by atoms with E-state index in [1.165, 1.54) is 12.8 Å². The first-order chi connectivity index (χ1) is 4.34. The molecule has 1 aliphatic heterocycles. The van der Waals surface area contributed by atoms with Gasteiger partial charge in [0.1, 0.15) is 0 Å². The predicted octanol–water partition coefficient (Wildman–Crippen LogP) is 1.11. The Morgan fingerprint density at radius 2 is 2.44 bits per heavy atom. The van der Waals surface area contributed by atoms with E-state index in [4.69, 9.17) is 4.74 Å². The largest absolute Gasteiger partial charge is 0.379 e. The van der Waals surface area contributed by atoms with Crippen molar-refractivity contribution in [2.45, 2.75) is 23.9 Å². The maximum Gasteiger partial charge on any atom is 0.0896 e. The number of hydrogen-bond acceptors (Lipinski definition) is 2. The van der Waals surface area contributed by atoms with Crippen LogP contribution >= 0.6 is 15.9 Å². The van der Waals surface area contributed by atoms with Crippen molar-refractivity contribution in [3.63, 3.8) is 0 Å². The molecule has 2 nitrogen and oxygen atoms in total. The van der Waals surface area contributed by atoms with Gasteiger partial charge < -0.3 is 10.1 Å². The topological polar surface area (TPSA) is 21.3 Å². The van der Waals surface area contributed by atoms with E-state index in [1.807, 2.05) is 0 Å². The van der Waals surface area contributed by atoms with Crippen molar-refractivity contribution >= 4 is 15.9 Å². The van der Waals surface area contributed by atoms with Crippen LogP contribution in [-0.2, 0) is 4.74 Å². The fourth-order valence-electron chi connectivity index (χ4n) is 1.06. The number of hydrogen-bond donors (Lipinski definition) is 1. The molecule has 9 heavy (non-hydrogen) atoms. The Morgan fingerprint density at radius 1 is 1.67 bits per heavy atom. The number of ether oxygens (including phenoxy) is 1. The average molecular weight is 194 g/mol. The van der Waals surface area contributed by atoms with Crippen LogP contribution in [-0.4, -0.2) is 24.7 Å². The van der Waals surface area contributed by atoms with E-state index in [0.29, 0.717) is 11.1 Å². The summed E-state index contributed by atoms with van der Waals surface area (Å²) in [4.78, 5) is 0.358. The van der Waals surface area contributed by atoms with Crippen molar-refractivity contribution in [3.05, 3.63) is 0 Å². The molecule has 0 saturated carbocycles. The minimum absolute atomic E-state index is 0.358. The summed E-state index contributed by atoms with van der Waals surface area (Å²) >= 11 is 3.48. The van der Waals surface area contributed by atoms with E-state index in [9.17, 15) is 0 Å². The van der Waals surface area contributed by atoms with Crippen LogP contribution in [0.5, 0.6) is 0 Å². The molecule has 1 heterocycles. The minimum Gasteiger partial charge on any atom is -0.379 e. The van der Waals surface area contributed by atoms with Gasteiger partial charge in [-0.3, -0.25) is 0 Å². The van der Waals surface area contributed by atoms with Crippen molar-refractivity contribution in [2.24, 2.45) is 0 Å². The van der Waals surface area contributed by atoms with E-state index in [-0.39, 0.29) is 0 Å². The molecule has 1 N–H and O–H groups in total. The highest BCUT2D eigenvalue weighted by molar-refractivity contribution is 9.09. The molecule has 2 unspecified atom stereocenters. The Hall–Kier alpha value is 0.400. The van der Waals surface area contributed by atoms with Crippen LogP contribution in [0.15, 0.2) is 0 Å². The Bertz CT molecular complexity index is 89.1. The highest BCUT2D eigenvalue weighted by Crippen LogP contribution is 2.15. The number of methoxy groups -OCH3 is 1. The first-order valence-corrected chi connectivity index (χ1v) is 4.16. The van der Waals surface area contributed by atoms with Gasteiger partial charge in [-0.2, -0.15) is 0 Å². The molecule has 0 aromatic heterocycles. The Morgan fingerprint density at radius 3 is 2.89 bits per heavy atom. The number of halogens is 1. The molecule has 54 valence electrons. The summed E-state index contributed by atoms with van der Waals surface area (Å²) in [6.07, 6.45) is 2.75. The first kappa shape index (κ1) is 7.51. The summed E-state index contributed by atoms with van der Waals surface area (Å²) in [6, 6.07) is 0. The first-order valence-electron chi connectivity index (χ1n) is 3.25. The van der Waals surface area contributed by atoms with E-state index >= 15 is 0 Å². The summed E-state index contributed by atoms with van der Waals surface area (Å²) in [6.45, 7) is 1.11. The number of nitrogens with one attached hydrogen (secondary N) is 1. The van der Waals surface area contributed by atoms with Crippen molar-refractivity contribution in [2.75, 3.05) is 13.7 Å². The van der Waals surface area contributed by atoms with Gasteiger partial charge in [0.2, 0.25) is 0 Å². The van der Waals surface area contributed by atoms with Crippen molar-refractivity contribution in [1.29, 1.82) is 0 Å². The van der Waals surface area contributed by atoms with Crippen LogP contribution in [0.1, 0.15) is 12.8 Å². The van der Waals surface area contributed by atoms with Gasteiger partial charge in [-0.15, -0.1) is 0 Å². The third kappa shape index (κ3) is 1.92. The normalized spacial score (nSPS) is 36.7. The summed E-state index contributed by atoms with van der Waals surface area (Å²) in [5, 5.41) is 3.27. The lowest BCUT2D eigenvalue weighted by Crippen LogP contribution is -2.41. The molecule has 2 atom stereocenters. The third-order valence-corrected chi connectivity index (χ3v) is 2.55. The van der Waals surface area contributed by atoms with Crippen molar-refractivity contribution in [3.8, 4) is 0 Å². The van der Waals surface area contributed by atoms with Gasteiger partial charge in [-0.25, -0.2) is 0 Å². The Kier molecular flexibility index (Phi) is 2.95. The SMILES string of the molecule is COC1CCCNC1Br. The quantitative estimate of drug-likeness (QED) is 0.498. The van der Waals surface area contributed by atoms with Crippen molar-refractivity contribution in [1.82, 2.24) is 5.32 Å². The molecular formula is C6H12BrNO. The molecule has 1 rings (SSSR count). The fraction of sp³-hybridized carbons (Fsp3) is 1.00. The van der Waals surface area contributed by atoms with Crippen LogP contribution in [0.4, 0.5) is 0 Å². The highest BCUT2D eigenvalue weighted by atomic mass is 79.9. The van der Waals surface area contributed by atoms with Crippen LogP contribution in [0.2, 0.25) is 0 Å². The Balaban J connectivity index is 2.30. The smallest absolute Gasteiger partial charge is 0.0896 e. The average Bonchev–Trinajstić information content (AvgIpc) is 1.89. The molecule has 1 aliphatic rings. The summed E-state index contributed by atoms with van der Waals surface area (Å²) < 4.78 is 5.19. The molecule has 0 radical (unpaired) electrons. The molecule has 0 aromatic carbocycles. The molecule has 0 aliphatic carbocycles. The molecular weight excluding hydrogens is 182 g/mol. The maximum absolute atomic E-state index is 5.19. The van der Waals surface area contributed by atoms with E-state index in [1.54, 1.807) is 7.11 Å². The Labute approximate surface area is 64.1 Å².